The van der Waals surface area contributed by atoms with E-state index in [4.69, 9.17) is 5.73 Å². The molecule has 0 radical (unpaired) electrons. The summed E-state index contributed by atoms with van der Waals surface area (Å²) < 4.78 is 1.14. The quantitative estimate of drug-likeness (QED) is 0.723. The van der Waals surface area contributed by atoms with Gasteiger partial charge in [0, 0.05) is 10.5 Å². The maximum Gasteiger partial charge on any atom is 0.0298 e. The Morgan fingerprint density at radius 3 is 3.08 bits per heavy atom. The van der Waals surface area contributed by atoms with E-state index in [1.807, 2.05) is 0 Å². The Morgan fingerprint density at radius 1 is 1.42 bits per heavy atom. The third kappa shape index (κ3) is 1.41. The molecule has 0 aliphatic heterocycles. The average Bonchev–Trinajstić information content (AvgIpc) is 2.07. The molecule has 1 aromatic rings. The van der Waals surface area contributed by atoms with Crippen molar-refractivity contribution in [2.24, 2.45) is 5.73 Å². The number of aryl methyl sites for hydroxylation is 1. The fraction of sp³-hybridized carbons (Fsp3) is 0.400. The molecule has 1 aromatic carbocycles. The summed E-state index contributed by atoms with van der Waals surface area (Å²) in [5.41, 5.74) is 8.75. The molecule has 0 saturated heterocycles. The van der Waals surface area contributed by atoms with Gasteiger partial charge >= 0.3 is 0 Å². The van der Waals surface area contributed by atoms with Gasteiger partial charge in [0.1, 0.15) is 0 Å². The molecular formula is C10H12BrN. The van der Waals surface area contributed by atoms with Crippen molar-refractivity contribution in [1.82, 2.24) is 0 Å². The molecule has 0 aromatic heterocycles. The topological polar surface area (TPSA) is 26.0 Å². The zero-order valence-electron chi connectivity index (χ0n) is 6.89. The number of nitrogens with two attached hydrogens (primary N) is 1. The van der Waals surface area contributed by atoms with Crippen LogP contribution in [0.1, 0.15) is 30.0 Å². The highest BCUT2D eigenvalue weighted by molar-refractivity contribution is 9.10. The Morgan fingerprint density at radius 2 is 2.25 bits per heavy atom. The van der Waals surface area contributed by atoms with E-state index in [1.54, 1.807) is 0 Å². The molecule has 0 heterocycles. The first kappa shape index (κ1) is 8.27. The van der Waals surface area contributed by atoms with Crippen molar-refractivity contribution in [2.75, 3.05) is 0 Å². The minimum absolute atomic E-state index is 0.256. The number of rotatable bonds is 0. The molecule has 1 nitrogen and oxygen atoms in total. The summed E-state index contributed by atoms with van der Waals surface area (Å²) in [5.74, 6) is 0. The fourth-order valence-electron chi connectivity index (χ4n) is 1.81. The molecule has 0 amide bonds. The molecule has 0 bridgehead atoms. The minimum Gasteiger partial charge on any atom is -0.324 e. The van der Waals surface area contributed by atoms with Crippen LogP contribution in [0.25, 0.3) is 0 Å². The van der Waals surface area contributed by atoms with E-state index in [9.17, 15) is 0 Å². The highest BCUT2D eigenvalue weighted by Gasteiger charge is 2.15. The largest absolute Gasteiger partial charge is 0.324 e. The van der Waals surface area contributed by atoms with E-state index in [0.29, 0.717) is 0 Å². The first-order valence-electron chi connectivity index (χ1n) is 4.31. The summed E-state index contributed by atoms with van der Waals surface area (Å²) in [4.78, 5) is 0. The minimum atomic E-state index is 0.256. The molecule has 2 rings (SSSR count). The molecule has 64 valence electrons. The molecule has 12 heavy (non-hydrogen) atoms. The van der Waals surface area contributed by atoms with Crippen LogP contribution in [0.4, 0.5) is 0 Å². The molecule has 2 N–H and O–H groups in total. The summed E-state index contributed by atoms with van der Waals surface area (Å²) in [6.07, 6.45) is 3.55. The highest BCUT2D eigenvalue weighted by atomic mass is 79.9. The molecule has 0 fully saturated rings. The van der Waals surface area contributed by atoms with Crippen molar-refractivity contribution in [3.05, 3.63) is 33.8 Å². The van der Waals surface area contributed by atoms with Gasteiger partial charge in [0.15, 0.2) is 0 Å². The van der Waals surface area contributed by atoms with E-state index < -0.39 is 0 Å². The third-order valence-corrected chi connectivity index (χ3v) is 2.96. The zero-order chi connectivity index (χ0) is 8.55. The summed E-state index contributed by atoms with van der Waals surface area (Å²) >= 11 is 3.46. The maximum absolute atomic E-state index is 5.99. The lowest BCUT2D eigenvalue weighted by Gasteiger charge is -2.22. The summed E-state index contributed by atoms with van der Waals surface area (Å²) in [7, 11) is 0. The van der Waals surface area contributed by atoms with Crippen LogP contribution in [0.15, 0.2) is 22.7 Å². The van der Waals surface area contributed by atoms with Gasteiger partial charge in [-0.3, -0.25) is 0 Å². The first-order valence-corrected chi connectivity index (χ1v) is 5.10. The number of hydrogen-bond donors (Lipinski definition) is 1. The fourth-order valence-corrected chi connectivity index (χ4v) is 2.19. The van der Waals surface area contributed by atoms with Crippen LogP contribution in [-0.4, -0.2) is 0 Å². The third-order valence-electron chi connectivity index (χ3n) is 2.47. The van der Waals surface area contributed by atoms with Gasteiger partial charge in [-0.1, -0.05) is 22.0 Å². The van der Waals surface area contributed by atoms with Gasteiger partial charge in [-0.15, -0.1) is 0 Å². The van der Waals surface area contributed by atoms with Gasteiger partial charge in [0.25, 0.3) is 0 Å². The van der Waals surface area contributed by atoms with E-state index in [2.05, 4.69) is 34.1 Å². The van der Waals surface area contributed by atoms with Crippen LogP contribution >= 0.6 is 15.9 Å². The van der Waals surface area contributed by atoms with Gasteiger partial charge in [0.2, 0.25) is 0 Å². The van der Waals surface area contributed by atoms with Gasteiger partial charge < -0.3 is 5.73 Å². The van der Waals surface area contributed by atoms with Crippen LogP contribution in [0.5, 0.6) is 0 Å². The summed E-state index contributed by atoms with van der Waals surface area (Å²) in [6, 6.07) is 6.68. The monoisotopic (exact) mass is 225 g/mol. The van der Waals surface area contributed by atoms with Crippen molar-refractivity contribution in [2.45, 2.75) is 25.3 Å². The number of benzene rings is 1. The van der Waals surface area contributed by atoms with Crippen molar-refractivity contribution in [1.29, 1.82) is 0 Å². The van der Waals surface area contributed by atoms with E-state index in [0.717, 1.165) is 10.9 Å². The average molecular weight is 226 g/mol. The van der Waals surface area contributed by atoms with Crippen LogP contribution in [0, 0.1) is 0 Å². The lowest BCUT2D eigenvalue weighted by molar-refractivity contribution is 0.570. The van der Waals surface area contributed by atoms with E-state index >= 15 is 0 Å². The predicted octanol–water partition coefficient (Wildman–Crippen LogP) is 2.79. The molecule has 1 aliphatic rings. The first-order chi connectivity index (χ1) is 5.77. The van der Waals surface area contributed by atoms with E-state index in [1.165, 1.54) is 24.0 Å². The Balaban J connectivity index is 2.47. The Hall–Kier alpha value is -0.340. The standard InChI is InChI=1S/C10H12BrN/c11-8-5-4-7-2-1-3-10(12)9(7)6-8/h4-6,10H,1-3,12H2/t10-/m0/s1. The van der Waals surface area contributed by atoms with Crippen molar-refractivity contribution >= 4 is 15.9 Å². The van der Waals surface area contributed by atoms with Crippen LogP contribution in [-0.2, 0) is 6.42 Å². The lowest BCUT2D eigenvalue weighted by atomic mass is 9.88. The van der Waals surface area contributed by atoms with Crippen molar-refractivity contribution in [3.8, 4) is 0 Å². The molecule has 1 aliphatic carbocycles. The molecule has 0 saturated carbocycles. The smallest absolute Gasteiger partial charge is 0.0298 e. The number of fused-ring (bicyclic) bond motifs is 1. The lowest BCUT2D eigenvalue weighted by Crippen LogP contribution is -2.17. The Kier molecular flexibility index (Phi) is 2.20. The molecule has 0 unspecified atom stereocenters. The normalized spacial score (nSPS) is 22.0. The summed E-state index contributed by atoms with van der Waals surface area (Å²) in [5, 5.41) is 0. The molecule has 2 heteroatoms. The van der Waals surface area contributed by atoms with Crippen LogP contribution in [0.2, 0.25) is 0 Å². The van der Waals surface area contributed by atoms with Crippen LogP contribution in [0.3, 0.4) is 0 Å². The van der Waals surface area contributed by atoms with Gasteiger partial charge in [-0.25, -0.2) is 0 Å². The molecule has 1 atom stereocenters. The van der Waals surface area contributed by atoms with Gasteiger partial charge in [-0.05, 0) is 42.5 Å². The van der Waals surface area contributed by atoms with Crippen molar-refractivity contribution in [3.63, 3.8) is 0 Å². The second-order valence-electron chi connectivity index (χ2n) is 3.34. The SMILES string of the molecule is N[C@H]1CCCc2ccc(Br)cc21. The van der Waals surface area contributed by atoms with Gasteiger partial charge in [-0.2, -0.15) is 0 Å². The Labute approximate surface area is 81.1 Å². The van der Waals surface area contributed by atoms with E-state index in [-0.39, 0.29) is 6.04 Å². The Bertz CT molecular complexity index is 296. The number of halogens is 1. The molecule has 0 spiro atoms. The summed E-state index contributed by atoms with van der Waals surface area (Å²) in [6.45, 7) is 0. The van der Waals surface area contributed by atoms with Crippen LogP contribution < -0.4 is 5.73 Å². The predicted molar refractivity (Wildman–Crippen MR) is 54.0 cm³/mol. The second-order valence-corrected chi connectivity index (χ2v) is 4.26. The second kappa shape index (κ2) is 3.19. The molecular weight excluding hydrogens is 214 g/mol. The highest BCUT2D eigenvalue weighted by Crippen LogP contribution is 2.29. The van der Waals surface area contributed by atoms with Crippen molar-refractivity contribution < 1.29 is 0 Å². The zero-order valence-corrected chi connectivity index (χ0v) is 8.47. The number of hydrogen-bond acceptors (Lipinski definition) is 1. The maximum atomic E-state index is 5.99. The van der Waals surface area contributed by atoms with Gasteiger partial charge in [0.05, 0.1) is 0 Å².